The zero-order valence-electron chi connectivity index (χ0n) is 18.4. The second-order valence-electron chi connectivity index (χ2n) is 7.85. The van der Waals surface area contributed by atoms with Crippen molar-refractivity contribution in [2.24, 2.45) is 0 Å². The average molecular weight is 520 g/mol. The number of piperazine rings is 1. The summed E-state index contributed by atoms with van der Waals surface area (Å²) in [5, 5.41) is 3.91. The number of nitrogens with zero attached hydrogens (tertiary/aromatic N) is 2. The third kappa shape index (κ3) is 6.01. The molecule has 34 heavy (non-hydrogen) atoms. The van der Waals surface area contributed by atoms with Gasteiger partial charge in [0, 0.05) is 47.9 Å². The van der Waals surface area contributed by atoms with Gasteiger partial charge in [0.1, 0.15) is 11.5 Å². The topological polar surface area (TPSA) is 82.9 Å². The summed E-state index contributed by atoms with van der Waals surface area (Å²) in [6, 6.07) is 16.1. The normalized spacial score (nSPS) is 15.1. The Morgan fingerprint density at radius 2 is 1.68 bits per heavy atom. The lowest BCUT2D eigenvalue weighted by atomic mass is 10.2. The molecule has 2 heterocycles. The summed E-state index contributed by atoms with van der Waals surface area (Å²) in [6.07, 6.45) is 4.19. The van der Waals surface area contributed by atoms with Crippen molar-refractivity contribution in [2.45, 2.75) is 0 Å². The molecule has 178 valence electrons. The number of anilines is 2. The van der Waals surface area contributed by atoms with Crippen LogP contribution < -0.4 is 10.2 Å². The Bertz CT molecular complexity index is 1310. The van der Waals surface area contributed by atoms with Gasteiger partial charge in [-0.05, 0) is 48.5 Å². The van der Waals surface area contributed by atoms with Gasteiger partial charge in [-0.15, -0.1) is 0 Å². The maximum absolute atomic E-state index is 12.6. The van der Waals surface area contributed by atoms with Gasteiger partial charge >= 0.3 is 0 Å². The molecule has 0 unspecified atom stereocenters. The van der Waals surface area contributed by atoms with E-state index in [1.54, 1.807) is 36.4 Å². The number of carbonyl (C=O) groups excluding carboxylic acids is 1. The molecule has 10 heteroatoms. The van der Waals surface area contributed by atoms with Crippen LogP contribution in [0.5, 0.6) is 0 Å². The van der Waals surface area contributed by atoms with E-state index in [4.69, 9.17) is 27.6 Å². The molecular formula is C24H23Cl2N3O4S. The number of para-hydroxylation sites is 2. The van der Waals surface area contributed by atoms with Crippen molar-refractivity contribution in [2.75, 3.05) is 42.7 Å². The number of hydrogen-bond donors (Lipinski definition) is 1. The minimum absolute atomic E-state index is 0.314. The summed E-state index contributed by atoms with van der Waals surface area (Å²) in [6.45, 7) is 1.89. The molecule has 2 aromatic carbocycles. The SMILES string of the molecule is CS(=O)(=O)N1CCN(c2ccccc2NC(=O)/C=C/c2ccc(-c3cc(Cl)cc(Cl)c3)o2)CC1. The number of furan rings is 1. The van der Waals surface area contributed by atoms with Crippen LogP contribution in [0.2, 0.25) is 10.0 Å². The highest BCUT2D eigenvalue weighted by Gasteiger charge is 2.24. The van der Waals surface area contributed by atoms with E-state index in [9.17, 15) is 13.2 Å². The van der Waals surface area contributed by atoms with E-state index in [2.05, 4.69) is 10.2 Å². The number of carbonyl (C=O) groups is 1. The quantitative estimate of drug-likeness (QED) is 0.464. The molecule has 1 aliphatic rings. The first-order valence-corrected chi connectivity index (χ1v) is 13.1. The third-order valence-corrected chi connectivity index (χ3v) is 7.12. The molecule has 4 rings (SSSR count). The Labute approximate surface area is 208 Å². The van der Waals surface area contributed by atoms with Crippen molar-refractivity contribution >= 4 is 56.6 Å². The molecule has 1 amide bonds. The molecule has 7 nitrogen and oxygen atoms in total. The van der Waals surface area contributed by atoms with Crippen LogP contribution in [0, 0.1) is 0 Å². The van der Waals surface area contributed by atoms with E-state index in [-0.39, 0.29) is 5.91 Å². The molecule has 1 fully saturated rings. The van der Waals surface area contributed by atoms with E-state index < -0.39 is 10.0 Å². The molecule has 0 radical (unpaired) electrons. The minimum Gasteiger partial charge on any atom is -0.457 e. The van der Waals surface area contributed by atoms with Crippen molar-refractivity contribution in [1.29, 1.82) is 0 Å². The van der Waals surface area contributed by atoms with Gasteiger partial charge in [0.2, 0.25) is 15.9 Å². The van der Waals surface area contributed by atoms with E-state index in [0.29, 0.717) is 53.4 Å². The molecule has 0 spiro atoms. The lowest BCUT2D eigenvalue weighted by Gasteiger charge is -2.35. The fourth-order valence-corrected chi connectivity index (χ4v) is 5.09. The van der Waals surface area contributed by atoms with Crippen LogP contribution in [0.25, 0.3) is 17.4 Å². The van der Waals surface area contributed by atoms with Crippen LogP contribution in [0.15, 0.2) is 65.1 Å². The minimum atomic E-state index is -3.21. The van der Waals surface area contributed by atoms with Crippen LogP contribution in [0.4, 0.5) is 11.4 Å². The van der Waals surface area contributed by atoms with Crippen molar-refractivity contribution in [3.8, 4) is 11.3 Å². The largest absolute Gasteiger partial charge is 0.457 e. The molecule has 3 aromatic rings. The van der Waals surface area contributed by atoms with Gasteiger partial charge in [0.25, 0.3) is 0 Å². The van der Waals surface area contributed by atoms with Gasteiger partial charge in [0.15, 0.2) is 0 Å². The van der Waals surface area contributed by atoms with Gasteiger partial charge in [-0.25, -0.2) is 8.42 Å². The molecule has 1 aliphatic heterocycles. The summed E-state index contributed by atoms with van der Waals surface area (Å²) in [5.74, 6) is 0.778. The molecule has 1 N–H and O–H groups in total. The summed E-state index contributed by atoms with van der Waals surface area (Å²) in [7, 11) is -3.21. The number of hydrogen-bond acceptors (Lipinski definition) is 5. The number of sulfonamides is 1. The van der Waals surface area contributed by atoms with Gasteiger partial charge < -0.3 is 14.6 Å². The Hall–Kier alpha value is -2.78. The molecule has 0 atom stereocenters. The highest BCUT2D eigenvalue weighted by atomic mass is 35.5. The maximum atomic E-state index is 12.6. The number of benzene rings is 2. The van der Waals surface area contributed by atoms with Crippen LogP contribution in [-0.2, 0) is 14.8 Å². The van der Waals surface area contributed by atoms with Crippen molar-refractivity contribution in [3.05, 3.63) is 76.5 Å². The molecule has 1 aromatic heterocycles. The second kappa shape index (κ2) is 10.2. The zero-order chi connectivity index (χ0) is 24.3. The Balaban J connectivity index is 1.42. The van der Waals surface area contributed by atoms with Crippen molar-refractivity contribution in [1.82, 2.24) is 4.31 Å². The lowest BCUT2D eigenvalue weighted by Crippen LogP contribution is -2.48. The Morgan fingerprint density at radius 1 is 1.00 bits per heavy atom. The second-order valence-corrected chi connectivity index (χ2v) is 10.7. The maximum Gasteiger partial charge on any atom is 0.248 e. The van der Waals surface area contributed by atoms with Crippen LogP contribution >= 0.6 is 23.2 Å². The third-order valence-electron chi connectivity index (χ3n) is 5.38. The Kier molecular flexibility index (Phi) is 7.33. The average Bonchev–Trinajstić information content (AvgIpc) is 3.26. The van der Waals surface area contributed by atoms with E-state index in [1.807, 2.05) is 24.3 Å². The summed E-state index contributed by atoms with van der Waals surface area (Å²) in [5.41, 5.74) is 2.24. The molecule has 1 saturated heterocycles. The van der Waals surface area contributed by atoms with E-state index >= 15 is 0 Å². The zero-order valence-corrected chi connectivity index (χ0v) is 20.7. The first-order valence-electron chi connectivity index (χ1n) is 10.5. The summed E-state index contributed by atoms with van der Waals surface area (Å²) < 4.78 is 30.8. The van der Waals surface area contributed by atoms with Gasteiger partial charge in [-0.2, -0.15) is 4.31 Å². The molecule has 0 aliphatic carbocycles. The first kappa shape index (κ1) is 24.3. The monoisotopic (exact) mass is 519 g/mol. The fourth-order valence-electron chi connectivity index (χ4n) is 3.74. The van der Waals surface area contributed by atoms with Crippen LogP contribution in [0.3, 0.4) is 0 Å². The van der Waals surface area contributed by atoms with Gasteiger partial charge in [0.05, 0.1) is 17.6 Å². The highest BCUT2D eigenvalue weighted by Crippen LogP contribution is 2.29. The van der Waals surface area contributed by atoms with E-state index in [0.717, 1.165) is 11.3 Å². The lowest BCUT2D eigenvalue weighted by molar-refractivity contribution is -0.111. The molecular weight excluding hydrogens is 497 g/mol. The van der Waals surface area contributed by atoms with E-state index in [1.165, 1.54) is 16.6 Å². The predicted molar refractivity (Wildman–Crippen MR) is 137 cm³/mol. The number of amides is 1. The Morgan fingerprint density at radius 3 is 2.35 bits per heavy atom. The first-order chi connectivity index (χ1) is 16.2. The fraction of sp³-hybridized carbons (Fsp3) is 0.208. The molecule has 0 saturated carbocycles. The summed E-state index contributed by atoms with van der Waals surface area (Å²) >= 11 is 12.1. The smallest absolute Gasteiger partial charge is 0.248 e. The van der Waals surface area contributed by atoms with Crippen LogP contribution in [-0.4, -0.2) is 51.1 Å². The number of rotatable bonds is 6. The summed E-state index contributed by atoms with van der Waals surface area (Å²) in [4.78, 5) is 14.7. The molecule has 0 bridgehead atoms. The number of halogens is 2. The van der Waals surface area contributed by atoms with Crippen LogP contribution in [0.1, 0.15) is 5.76 Å². The standard InChI is InChI=1S/C24H23Cl2N3O4S/c1-34(31,32)29-12-10-28(11-13-29)22-5-3-2-4-21(22)27-24(30)9-7-20-6-8-23(33-20)17-14-18(25)16-19(26)15-17/h2-9,14-16H,10-13H2,1H3,(H,27,30)/b9-7+. The van der Waals surface area contributed by atoms with Crippen molar-refractivity contribution in [3.63, 3.8) is 0 Å². The van der Waals surface area contributed by atoms with Gasteiger partial charge in [-0.3, -0.25) is 4.79 Å². The van der Waals surface area contributed by atoms with Crippen molar-refractivity contribution < 1.29 is 17.6 Å². The predicted octanol–water partition coefficient (Wildman–Crippen LogP) is 4.99. The highest BCUT2D eigenvalue weighted by molar-refractivity contribution is 7.88. The van der Waals surface area contributed by atoms with Gasteiger partial charge in [-0.1, -0.05) is 35.3 Å². The number of nitrogens with one attached hydrogen (secondary N) is 1.